The second kappa shape index (κ2) is 7.97. The number of ether oxygens (including phenoxy) is 1. The summed E-state index contributed by atoms with van der Waals surface area (Å²) in [5.41, 5.74) is 4.76. The van der Waals surface area contributed by atoms with Crippen molar-refractivity contribution in [3.63, 3.8) is 0 Å². The Morgan fingerprint density at radius 2 is 1.86 bits per heavy atom. The van der Waals surface area contributed by atoms with Gasteiger partial charge in [-0.25, -0.2) is 4.79 Å². The number of aromatic hydroxyl groups is 1. The summed E-state index contributed by atoms with van der Waals surface area (Å²) < 4.78 is 5.04. The van der Waals surface area contributed by atoms with Crippen LogP contribution in [0.15, 0.2) is 36.4 Å². The van der Waals surface area contributed by atoms with Crippen molar-refractivity contribution >= 4 is 17.3 Å². The molecule has 0 radical (unpaired) electrons. The number of benzene rings is 2. The van der Waals surface area contributed by atoms with Gasteiger partial charge in [0.15, 0.2) is 0 Å². The minimum absolute atomic E-state index is 0.0285. The Balaban J connectivity index is 2.17. The van der Waals surface area contributed by atoms with E-state index in [-0.39, 0.29) is 23.2 Å². The van der Waals surface area contributed by atoms with E-state index < -0.39 is 0 Å². The van der Waals surface area contributed by atoms with E-state index in [2.05, 4.69) is 43.9 Å². The van der Waals surface area contributed by atoms with Crippen LogP contribution in [0, 0.1) is 0 Å². The van der Waals surface area contributed by atoms with Crippen molar-refractivity contribution in [2.24, 2.45) is 0 Å². The summed E-state index contributed by atoms with van der Waals surface area (Å²) in [4.78, 5) is 16.4. The molecule has 1 aliphatic heterocycles. The van der Waals surface area contributed by atoms with Crippen LogP contribution >= 0.6 is 0 Å². The molecule has 2 aromatic rings. The average Bonchev–Trinajstić information content (AvgIpc) is 3.15. The Morgan fingerprint density at radius 1 is 1.14 bits per heavy atom. The van der Waals surface area contributed by atoms with E-state index >= 15 is 0 Å². The number of carbonyl (C=O) groups excluding carboxylic acids is 1. The van der Waals surface area contributed by atoms with Gasteiger partial charge in [-0.05, 0) is 48.1 Å². The summed E-state index contributed by atoms with van der Waals surface area (Å²) in [7, 11) is 5.34. The predicted octanol–water partition coefficient (Wildman–Crippen LogP) is 4.56. The molecule has 0 bridgehead atoms. The SMILES string of the molecule is COC(=O)[C@@H]1CCCN1c1ccc(C(C)(C)C)cc1-c1ccc(N(C)C)cc1O. The van der Waals surface area contributed by atoms with Gasteiger partial charge in [0.2, 0.25) is 0 Å². The third kappa shape index (κ3) is 4.19. The standard InChI is InChI=1S/C24H32N2O3/c1-24(2,3)16-9-12-20(26-13-7-8-21(26)23(28)29-6)19(14-16)18-11-10-17(25(4)5)15-22(18)27/h9-12,14-15,21,27H,7-8,13H2,1-6H3/t21-/m0/s1. The highest BCUT2D eigenvalue weighted by atomic mass is 16.5. The molecule has 5 nitrogen and oxygen atoms in total. The van der Waals surface area contributed by atoms with Crippen molar-refractivity contribution in [2.75, 3.05) is 37.5 Å². The second-order valence-electron chi connectivity index (χ2n) is 8.95. The summed E-state index contributed by atoms with van der Waals surface area (Å²) in [5.74, 6) is 0.0258. The Hall–Kier alpha value is -2.69. The lowest BCUT2D eigenvalue weighted by molar-refractivity contribution is -0.141. The van der Waals surface area contributed by atoms with Crippen LogP contribution in [-0.2, 0) is 14.9 Å². The van der Waals surface area contributed by atoms with Gasteiger partial charge >= 0.3 is 5.97 Å². The molecule has 3 rings (SSSR count). The molecule has 1 fully saturated rings. The van der Waals surface area contributed by atoms with Crippen LogP contribution in [0.25, 0.3) is 11.1 Å². The zero-order valence-corrected chi connectivity index (χ0v) is 18.3. The summed E-state index contributed by atoms with van der Waals surface area (Å²) in [6.07, 6.45) is 1.71. The van der Waals surface area contributed by atoms with Crippen molar-refractivity contribution in [3.8, 4) is 16.9 Å². The monoisotopic (exact) mass is 396 g/mol. The summed E-state index contributed by atoms with van der Waals surface area (Å²) >= 11 is 0. The summed E-state index contributed by atoms with van der Waals surface area (Å²) in [5, 5.41) is 10.8. The number of rotatable bonds is 4. The van der Waals surface area contributed by atoms with Crippen LogP contribution in [0.2, 0.25) is 0 Å². The molecule has 0 spiro atoms. The van der Waals surface area contributed by atoms with Gasteiger partial charge in [0.25, 0.3) is 0 Å². The fourth-order valence-corrected chi connectivity index (χ4v) is 3.93. The fourth-order valence-electron chi connectivity index (χ4n) is 3.93. The molecule has 1 aliphatic rings. The van der Waals surface area contributed by atoms with Crippen LogP contribution < -0.4 is 9.80 Å². The maximum atomic E-state index is 12.3. The largest absolute Gasteiger partial charge is 0.507 e. The molecule has 1 heterocycles. The molecule has 1 saturated heterocycles. The van der Waals surface area contributed by atoms with Crippen molar-refractivity contribution in [3.05, 3.63) is 42.0 Å². The van der Waals surface area contributed by atoms with Gasteiger partial charge < -0.3 is 19.6 Å². The lowest BCUT2D eigenvalue weighted by Gasteiger charge is -2.29. The van der Waals surface area contributed by atoms with E-state index in [0.29, 0.717) is 0 Å². The van der Waals surface area contributed by atoms with Gasteiger partial charge in [0.1, 0.15) is 11.8 Å². The summed E-state index contributed by atoms with van der Waals surface area (Å²) in [6, 6.07) is 11.8. The van der Waals surface area contributed by atoms with Gasteiger partial charge in [-0.1, -0.05) is 26.8 Å². The minimum Gasteiger partial charge on any atom is -0.507 e. The highest BCUT2D eigenvalue weighted by Crippen LogP contribution is 2.42. The molecule has 1 atom stereocenters. The Labute approximate surface area is 173 Å². The van der Waals surface area contributed by atoms with Crippen LogP contribution in [0.5, 0.6) is 5.75 Å². The number of hydrogen-bond donors (Lipinski definition) is 1. The number of anilines is 2. The first kappa shape index (κ1) is 21.0. The molecule has 156 valence electrons. The highest BCUT2D eigenvalue weighted by Gasteiger charge is 2.33. The number of phenols is 1. The quantitative estimate of drug-likeness (QED) is 0.768. The Bertz CT molecular complexity index is 899. The van der Waals surface area contributed by atoms with Gasteiger partial charge in [-0.2, -0.15) is 0 Å². The highest BCUT2D eigenvalue weighted by molar-refractivity contribution is 5.88. The van der Waals surface area contributed by atoms with E-state index in [1.54, 1.807) is 6.07 Å². The first-order chi connectivity index (χ1) is 13.6. The topological polar surface area (TPSA) is 53.0 Å². The molecule has 5 heteroatoms. The maximum Gasteiger partial charge on any atom is 0.328 e. The van der Waals surface area contributed by atoms with E-state index in [9.17, 15) is 9.90 Å². The van der Waals surface area contributed by atoms with Gasteiger partial charge in [0.05, 0.1) is 7.11 Å². The number of methoxy groups -OCH3 is 1. The number of nitrogens with zero attached hydrogens (tertiary/aromatic N) is 2. The van der Waals surface area contributed by atoms with Crippen molar-refractivity contribution in [1.29, 1.82) is 0 Å². The number of esters is 1. The van der Waals surface area contributed by atoms with Crippen molar-refractivity contribution in [2.45, 2.75) is 45.1 Å². The molecule has 1 N–H and O–H groups in total. The minimum atomic E-state index is -0.289. The maximum absolute atomic E-state index is 12.3. The van der Waals surface area contributed by atoms with Crippen LogP contribution in [0.3, 0.4) is 0 Å². The van der Waals surface area contributed by atoms with Gasteiger partial charge in [-0.15, -0.1) is 0 Å². The second-order valence-corrected chi connectivity index (χ2v) is 8.95. The molecule has 0 aliphatic carbocycles. The molecule has 29 heavy (non-hydrogen) atoms. The number of carbonyl (C=O) groups is 1. The molecule has 0 aromatic heterocycles. The number of hydrogen-bond acceptors (Lipinski definition) is 5. The smallest absolute Gasteiger partial charge is 0.328 e. The van der Waals surface area contributed by atoms with Crippen LogP contribution in [-0.4, -0.2) is 44.9 Å². The normalized spacial score (nSPS) is 16.8. The lowest BCUT2D eigenvalue weighted by Crippen LogP contribution is -2.37. The molecular formula is C24H32N2O3. The van der Waals surface area contributed by atoms with Gasteiger partial charge in [-0.3, -0.25) is 0 Å². The first-order valence-electron chi connectivity index (χ1n) is 10.1. The molecule has 0 amide bonds. The van der Waals surface area contributed by atoms with E-state index in [0.717, 1.165) is 41.9 Å². The zero-order valence-electron chi connectivity index (χ0n) is 18.3. The van der Waals surface area contributed by atoms with Crippen molar-refractivity contribution in [1.82, 2.24) is 0 Å². The number of phenolic OH excluding ortho intramolecular Hbond substituents is 1. The van der Waals surface area contributed by atoms with Crippen LogP contribution in [0.1, 0.15) is 39.2 Å². The third-order valence-corrected chi connectivity index (χ3v) is 5.69. The van der Waals surface area contributed by atoms with Crippen molar-refractivity contribution < 1.29 is 14.6 Å². The predicted molar refractivity (Wildman–Crippen MR) is 119 cm³/mol. The summed E-state index contributed by atoms with van der Waals surface area (Å²) in [6.45, 7) is 7.31. The molecular weight excluding hydrogens is 364 g/mol. The van der Waals surface area contributed by atoms with Gasteiger partial charge in [0, 0.05) is 49.2 Å². The van der Waals surface area contributed by atoms with E-state index in [4.69, 9.17) is 4.74 Å². The zero-order chi connectivity index (χ0) is 21.3. The Kier molecular flexibility index (Phi) is 5.78. The van der Waals surface area contributed by atoms with E-state index in [1.165, 1.54) is 12.7 Å². The third-order valence-electron chi connectivity index (χ3n) is 5.69. The lowest BCUT2D eigenvalue weighted by atomic mass is 9.84. The first-order valence-corrected chi connectivity index (χ1v) is 10.1. The Morgan fingerprint density at radius 3 is 2.45 bits per heavy atom. The average molecular weight is 397 g/mol. The molecule has 2 aromatic carbocycles. The van der Waals surface area contributed by atoms with E-state index in [1.807, 2.05) is 31.1 Å². The fraction of sp³-hybridized carbons (Fsp3) is 0.458. The van der Waals surface area contributed by atoms with Crippen LogP contribution in [0.4, 0.5) is 11.4 Å². The molecule has 0 unspecified atom stereocenters. The molecule has 0 saturated carbocycles.